The number of aliphatic hydroxyl groups excluding tert-OH is 3. The number of fused-ring (bicyclic) bond motifs is 3. The molecule has 0 bridgehead atoms. The third-order valence-electron chi connectivity index (χ3n) is 9.59. The fourth-order valence-corrected chi connectivity index (χ4v) is 7.25. The van der Waals surface area contributed by atoms with Crippen molar-refractivity contribution in [1.29, 1.82) is 0 Å². The van der Waals surface area contributed by atoms with Crippen molar-refractivity contribution in [3.05, 3.63) is 57.6 Å². The number of hydrogen-bond acceptors (Lipinski definition) is 14. The molecule has 47 heavy (non-hydrogen) atoms. The maximum absolute atomic E-state index is 13.7. The molecule has 2 aromatic rings. The molecule has 6 N–H and O–H groups in total. The van der Waals surface area contributed by atoms with Gasteiger partial charge in [0.1, 0.15) is 29.6 Å². The minimum Gasteiger partial charge on any atom is -0.507 e. The van der Waals surface area contributed by atoms with E-state index >= 15 is 0 Å². The number of aromatic hydroxyl groups is 2. The molecule has 0 aromatic heterocycles. The van der Waals surface area contributed by atoms with Crippen molar-refractivity contribution < 1.29 is 68.7 Å². The first-order valence-corrected chi connectivity index (χ1v) is 15.4. The van der Waals surface area contributed by atoms with Gasteiger partial charge in [0, 0.05) is 36.0 Å². The summed E-state index contributed by atoms with van der Waals surface area (Å²) in [6.07, 6.45) is -9.41. The Morgan fingerprint density at radius 1 is 0.915 bits per heavy atom. The van der Waals surface area contributed by atoms with Gasteiger partial charge in [-0.05, 0) is 38.5 Å². The Morgan fingerprint density at radius 3 is 2.23 bits per heavy atom. The molecule has 4 aliphatic rings. The molecule has 0 saturated carbocycles. The van der Waals surface area contributed by atoms with Crippen LogP contribution in [0, 0.1) is 0 Å². The minimum absolute atomic E-state index is 0.00836. The zero-order valence-corrected chi connectivity index (χ0v) is 26.2. The standard InChI is InChI=1S/C33H38O14/c1-12-27(37)18(35)9-22(44-12)47-31-13(2)45-21(10-19(31)36)46-20-11-33(3,42)26(32(41)43-4)15-8-16-25(30(40)24(15)20)29(39)23-14(28(16)38)6-5-7-17(23)34/h5-8,12-13,18-22,26-27,31,34-37,40,42H,9-11H2,1-4H3/t12-,13+,18-,19-,20-,21+,22+,26-,27+,31+,33+/m0/s1. The molecule has 14 nitrogen and oxygen atoms in total. The Bertz CT molecular complexity index is 1580. The van der Waals surface area contributed by atoms with Gasteiger partial charge in [0.2, 0.25) is 5.78 Å². The van der Waals surface area contributed by atoms with Crippen molar-refractivity contribution in [3.63, 3.8) is 0 Å². The molecule has 6 rings (SSSR count). The molecule has 0 unspecified atom stereocenters. The van der Waals surface area contributed by atoms with Crippen LogP contribution < -0.4 is 0 Å². The molecule has 14 heteroatoms. The normalized spacial score (nSPS) is 36.7. The summed E-state index contributed by atoms with van der Waals surface area (Å²) in [5.74, 6) is -4.82. The van der Waals surface area contributed by atoms with Crippen LogP contribution in [0.1, 0.15) is 95.0 Å². The number of rotatable bonds is 5. The monoisotopic (exact) mass is 658 g/mol. The van der Waals surface area contributed by atoms with E-state index in [0.29, 0.717) is 0 Å². The molecular weight excluding hydrogens is 620 g/mol. The smallest absolute Gasteiger partial charge is 0.316 e. The number of carbonyl (C=O) groups is 3. The fraction of sp³-hybridized carbons (Fsp3) is 0.545. The molecular formula is C33H38O14. The maximum atomic E-state index is 13.7. The van der Waals surface area contributed by atoms with Crippen LogP contribution in [-0.4, -0.2) is 110 Å². The Labute approximate surface area is 269 Å². The number of ketones is 2. The van der Waals surface area contributed by atoms with E-state index in [1.807, 2.05) is 0 Å². The fourth-order valence-electron chi connectivity index (χ4n) is 7.25. The summed E-state index contributed by atoms with van der Waals surface area (Å²) < 4.78 is 28.8. The number of phenolic OH excluding ortho intramolecular Hbond substituents is 2. The van der Waals surface area contributed by atoms with Crippen molar-refractivity contribution in [3.8, 4) is 11.5 Å². The van der Waals surface area contributed by atoms with Gasteiger partial charge < -0.3 is 54.3 Å². The summed E-state index contributed by atoms with van der Waals surface area (Å²) >= 11 is 0. The topological polar surface area (TPSA) is 219 Å². The first-order chi connectivity index (χ1) is 22.1. The number of phenols is 2. The average molecular weight is 659 g/mol. The second kappa shape index (κ2) is 12.2. The van der Waals surface area contributed by atoms with Crippen LogP contribution in [0.4, 0.5) is 0 Å². The van der Waals surface area contributed by atoms with E-state index in [0.717, 1.165) is 7.11 Å². The lowest BCUT2D eigenvalue weighted by molar-refractivity contribution is -0.317. The molecule has 11 atom stereocenters. The summed E-state index contributed by atoms with van der Waals surface area (Å²) in [6.45, 7) is 4.59. The maximum Gasteiger partial charge on any atom is 0.316 e. The van der Waals surface area contributed by atoms with E-state index in [1.54, 1.807) is 13.8 Å². The first kappa shape index (κ1) is 33.4. The van der Waals surface area contributed by atoms with Gasteiger partial charge in [-0.3, -0.25) is 14.4 Å². The van der Waals surface area contributed by atoms with Gasteiger partial charge >= 0.3 is 5.97 Å². The van der Waals surface area contributed by atoms with E-state index in [1.165, 1.54) is 31.2 Å². The molecule has 0 radical (unpaired) electrons. The quantitative estimate of drug-likeness (QED) is 0.212. The molecule has 0 amide bonds. The van der Waals surface area contributed by atoms with Crippen molar-refractivity contribution >= 4 is 17.5 Å². The van der Waals surface area contributed by atoms with Gasteiger partial charge in [0.15, 0.2) is 18.4 Å². The van der Waals surface area contributed by atoms with Gasteiger partial charge in [-0.1, -0.05) is 12.1 Å². The lowest BCUT2D eigenvalue weighted by atomic mass is 9.68. The van der Waals surface area contributed by atoms with E-state index in [-0.39, 0.29) is 52.6 Å². The van der Waals surface area contributed by atoms with Gasteiger partial charge in [-0.2, -0.15) is 0 Å². The van der Waals surface area contributed by atoms with E-state index < -0.39 is 95.9 Å². The van der Waals surface area contributed by atoms with Crippen molar-refractivity contribution in [2.45, 2.75) is 107 Å². The molecule has 2 heterocycles. The van der Waals surface area contributed by atoms with Gasteiger partial charge in [0.05, 0.1) is 54.4 Å². The summed E-state index contributed by atoms with van der Waals surface area (Å²) in [5.41, 5.74) is -2.83. The molecule has 2 fully saturated rings. The van der Waals surface area contributed by atoms with Crippen LogP contribution in [0.15, 0.2) is 24.3 Å². The Hall–Kier alpha value is -3.47. The van der Waals surface area contributed by atoms with Crippen molar-refractivity contribution in [2.24, 2.45) is 0 Å². The van der Waals surface area contributed by atoms with Crippen molar-refractivity contribution in [2.75, 3.05) is 7.11 Å². The van der Waals surface area contributed by atoms with Crippen LogP contribution in [0.5, 0.6) is 11.5 Å². The van der Waals surface area contributed by atoms with E-state index in [2.05, 4.69) is 0 Å². The zero-order chi connectivity index (χ0) is 34.1. The highest BCUT2D eigenvalue weighted by Crippen LogP contribution is 2.53. The van der Waals surface area contributed by atoms with Crippen LogP contribution in [0.2, 0.25) is 0 Å². The highest BCUT2D eigenvalue weighted by atomic mass is 16.7. The van der Waals surface area contributed by atoms with Crippen LogP contribution in [-0.2, 0) is 28.5 Å². The van der Waals surface area contributed by atoms with E-state index in [9.17, 15) is 45.0 Å². The summed E-state index contributed by atoms with van der Waals surface area (Å²) in [4.78, 5) is 40.3. The first-order valence-electron chi connectivity index (χ1n) is 15.4. The largest absolute Gasteiger partial charge is 0.507 e. The third kappa shape index (κ3) is 5.62. The Balaban J connectivity index is 1.33. The molecule has 254 valence electrons. The van der Waals surface area contributed by atoms with Gasteiger partial charge in [-0.15, -0.1) is 0 Å². The molecule has 2 saturated heterocycles. The second-order valence-electron chi connectivity index (χ2n) is 12.9. The van der Waals surface area contributed by atoms with Crippen molar-refractivity contribution in [1.82, 2.24) is 0 Å². The average Bonchev–Trinajstić information content (AvgIpc) is 2.99. The Kier molecular flexibility index (Phi) is 8.68. The molecule has 2 aliphatic carbocycles. The molecule has 2 aliphatic heterocycles. The number of carbonyl (C=O) groups excluding carboxylic acids is 3. The minimum atomic E-state index is -1.83. The highest BCUT2D eigenvalue weighted by molar-refractivity contribution is 6.30. The van der Waals surface area contributed by atoms with Gasteiger partial charge in [-0.25, -0.2) is 0 Å². The predicted molar refractivity (Wildman–Crippen MR) is 158 cm³/mol. The number of esters is 1. The van der Waals surface area contributed by atoms with Crippen LogP contribution in [0.3, 0.4) is 0 Å². The number of hydrogen-bond donors (Lipinski definition) is 6. The lowest BCUT2D eigenvalue weighted by Crippen LogP contribution is -2.54. The van der Waals surface area contributed by atoms with Crippen LogP contribution >= 0.6 is 0 Å². The second-order valence-corrected chi connectivity index (χ2v) is 12.9. The van der Waals surface area contributed by atoms with Gasteiger partial charge in [0.25, 0.3) is 0 Å². The highest BCUT2D eigenvalue weighted by Gasteiger charge is 2.52. The Morgan fingerprint density at radius 2 is 1.57 bits per heavy atom. The number of ether oxygens (including phenoxy) is 5. The predicted octanol–water partition coefficient (Wildman–Crippen LogP) is 1.08. The zero-order valence-electron chi connectivity index (χ0n) is 26.2. The molecule has 0 spiro atoms. The third-order valence-corrected chi connectivity index (χ3v) is 9.59. The summed E-state index contributed by atoms with van der Waals surface area (Å²) in [7, 11) is 1.13. The number of benzene rings is 2. The van der Waals surface area contributed by atoms with E-state index in [4.69, 9.17) is 23.7 Å². The summed E-state index contributed by atoms with van der Waals surface area (Å²) in [5, 5.41) is 64.9. The SMILES string of the molecule is COC(=O)[C@@H]1c2cc3c(c(O)c2[C@@H](O[C@@H]2C[C@H](O)[C@H](O[C@@H]4C[C@H](O)[C@H](O)[C@H](C)O4)[C@@H](C)O2)C[C@@]1(C)O)C(=O)c1c(O)cccc1C3=O. The number of methoxy groups -OCH3 is 1. The van der Waals surface area contributed by atoms with Crippen LogP contribution in [0.25, 0.3) is 0 Å². The molecule has 2 aromatic carbocycles. The number of aliphatic hydroxyl groups is 4. The summed E-state index contributed by atoms with van der Waals surface area (Å²) in [6, 6.07) is 5.28. The lowest BCUT2D eigenvalue weighted by Gasteiger charge is -2.45.